The summed E-state index contributed by atoms with van der Waals surface area (Å²) < 4.78 is 6.17. The lowest BCUT2D eigenvalue weighted by Gasteiger charge is -2.20. The largest absolute Gasteiger partial charge is 0.383 e. The first kappa shape index (κ1) is 13.5. The highest BCUT2D eigenvalue weighted by molar-refractivity contribution is 9.10. The van der Waals surface area contributed by atoms with Crippen molar-refractivity contribution >= 4 is 21.6 Å². The normalized spacial score (nSPS) is 10.5. The summed E-state index contributed by atoms with van der Waals surface area (Å²) >= 11 is 3.59. The van der Waals surface area contributed by atoms with Gasteiger partial charge in [-0.05, 0) is 46.6 Å². The minimum absolute atomic E-state index is 0.686. The smallest absolute Gasteiger partial charge is 0.0637 e. The molecule has 1 rings (SSSR count). The Morgan fingerprint density at radius 2 is 2.19 bits per heavy atom. The van der Waals surface area contributed by atoms with E-state index in [1.165, 1.54) is 11.3 Å². The number of nitrogens with two attached hydrogens (primary N) is 1. The van der Waals surface area contributed by atoms with Crippen LogP contribution in [0.4, 0.5) is 5.69 Å². The predicted octanol–water partition coefficient (Wildman–Crippen LogP) is 2.03. The van der Waals surface area contributed by atoms with Crippen molar-refractivity contribution in [3.05, 3.63) is 28.2 Å². The molecule has 0 aliphatic carbocycles. The number of hydrogen-bond donors (Lipinski definition) is 1. The van der Waals surface area contributed by atoms with E-state index in [2.05, 4.69) is 46.1 Å². The van der Waals surface area contributed by atoms with Crippen LogP contribution in [-0.2, 0) is 11.2 Å². The Kier molecular flexibility index (Phi) is 5.80. The molecule has 16 heavy (non-hydrogen) atoms. The van der Waals surface area contributed by atoms with Crippen LogP contribution in [0, 0.1) is 0 Å². The second-order valence-electron chi connectivity index (χ2n) is 3.74. The molecule has 0 amide bonds. The summed E-state index contributed by atoms with van der Waals surface area (Å²) in [5, 5.41) is 0. The summed E-state index contributed by atoms with van der Waals surface area (Å²) in [6, 6.07) is 6.37. The molecule has 90 valence electrons. The molecule has 0 aliphatic rings. The van der Waals surface area contributed by atoms with Gasteiger partial charge in [0.25, 0.3) is 0 Å². The van der Waals surface area contributed by atoms with Gasteiger partial charge in [0.15, 0.2) is 0 Å². The molecule has 1 aromatic rings. The van der Waals surface area contributed by atoms with Crippen LogP contribution in [0.1, 0.15) is 5.56 Å². The van der Waals surface area contributed by atoms with Crippen LogP contribution in [0.15, 0.2) is 22.7 Å². The number of methoxy groups -OCH3 is 1. The third-order valence-electron chi connectivity index (χ3n) is 2.49. The maximum Gasteiger partial charge on any atom is 0.0637 e. The fourth-order valence-electron chi connectivity index (χ4n) is 1.53. The predicted molar refractivity (Wildman–Crippen MR) is 72.0 cm³/mol. The minimum Gasteiger partial charge on any atom is -0.383 e. The Bertz CT molecular complexity index is 331. The van der Waals surface area contributed by atoms with E-state index in [0.29, 0.717) is 6.54 Å². The number of likely N-dealkylation sites (N-methyl/N-ethyl adjacent to an activating group) is 1. The second kappa shape index (κ2) is 6.89. The van der Waals surface area contributed by atoms with Gasteiger partial charge in [-0.25, -0.2) is 0 Å². The molecular weight excluding hydrogens is 268 g/mol. The van der Waals surface area contributed by atoms with Gasteiger partial charge >= 0.3 is 0 Å². The van der Waals surface area contributed by atoms with E-state index in [4.69, 9.17) is 10.5 Å². The van der Waals surface area contributed by atoms with Gasteiger partial charge in [-0.2, -0.15) is 0 Å². The maximum absolute atomic E-state index is 5.53. The van der Waals surface area contributed by atoms with Crippen molar-refractivity contribution in [2.24, 2.45) is 5.73 Å². The third-order valence-corrected chi connectivity index (χ3v) is 3.12. The first-order chi connectivity index (χ1) is 7.69. The van der Waals surface area contributed by atoms with E-state index < -0.39 is 0 Å². The van der Waals surface area contributed by atoms with Gasteiger partial charge in [0.2, 0.25) is 0 Å². The number of hydrogen-bond acceptors (Lipinski definition) is 3. The number of halogens is 1. The van der Waals surface area contributed by atoms with Crippen molar-refractivity contribution in [1.82, 2.24) is 0 Å². The maximum atomic E-state index is 5.53. The van der Waals surface area contributed by atoms with Crippen LogP contribution in [0.25, 0.3) is 0 Å². The van der Waals surface area contributed by atoms with Gasteiger partial charge in [-0.15, -0.1) is 0 Å². The molecule has 0 atom stereocenters. The first-order valence-electron chi connectivity index (χ1n) is 5.37. The molecule has 0 unspecified atom stereocenters. The van der Waals surface area contributed by atoms with Crippen LogP contribution >= 0.6 is 15.9 Å². The molecule has 1 aromatic carbocycles. The van der Waals surface area contributed by atoms with Gasteiger partial charge in [0, 0.05) is 25.2 Å². The average molecular weight is 287 g/mol. The first-order valence-corrected chi connectivity index (χ1v) is 6.17. The zero-order valence-corrected chi connectivity index (χ0v) is 11.5. The average Bonchev–Trinajstić information content (AvgIpc) is 2.26. The number of nitrogens with zero attached hydrogens (tertiary/aromatic N) is 1. The van der Waals surface area contributed by atoms with E-state index in [0.717, 1.165) is 24.0 Å². The summed E-state index contributed by atoms with van der Waals surface area (Å²) in [6.07, 6.45) is 0.917. The Morgan fingerprint density at radius 3 is 2.75 bits per heavy atom. The molecule has 0 aromatic heterocycles. The van der Waals surface area contributed by atoms with Gasteiger partial charge in [-0.1, -0.05) is 6.07 Å². The van der Waals surface area contributed by atoms with Gasteiger partial charge in [0.05, 0.1) is 12.3 Å². The SMILES string of the molecule is COCCN(C)c1ccc(CCN)cc1Br. The Hall–Kier alpha value is -0.580. The minimum atomic E-state index is 0.686. The molecule has 0 aliphatic heterocycles. The third kappa shape index (κ3) is 3.77. The summed E-state index contributed by atoms with van der Waals surface area (Å²) in [6.45, 7) is 2.30. The van der Waals surface area contributed by atoms with E-state index >= 15 is 0 Å². The molecule has 0 bridgehead atoms. The van der Waals surface area contributed by atoms with Crippen molar-refractivity contribution in [2.75, 3.05) is 38.8 Å². The summed E-state index contributed by atoms with van der Waals surface area (Å²) in [7, 11) is 3.77. The zero-order valence-electron chi connectivity index (χ0n) is 9.87. The molecular formula is C12H19BrN2O. The van der Waals surface area contributed by atoms with E-state index in [1.807, 2.05) is 0 Å². The monoisotopic (exact) mass is 286 g/mol. The fraction of sp³-hybridized carbons (Fsp3) is 0.500. The summed E-state index contributed by atoms with van der Waals surface area (Å²) in [5.41, 5.74) is 7.97. The standard InChI is InChI=1S/C12H19BrN2O/c1-15(7-8-16-2)12-4-3-10(5-6-14)9-11(12)13/h3-4,9H,5-8,14H2,1-2H3. The molecule has 0 spiro atoms. The second-order valence-corrected chi connectivity index (χ2v) is 4.59. The fourth-order valence-corrected chi connectivity index (χ4v) is 2.26. The van der Waals surface area contributed by atoms with Crippen molar-refractivity contribution in [3.63, 3.8) is 0 Å². The summed E-state index contributed by atoms with van der Waals surface area (Å²) in [5.74, 6) is 0. The molecule has 2 N–H and O–H groups in total. The van der Waals surface area contributed by atoms with Crippen molar-refractivity contribution in [3.8, 4) is 0 Å². The Morgan fingerprint density at radius 1 is 1.44 bits per heavy atom. The van der Waals surface area contributed by atoms with E-state index in [1.54, 1.807) is 7.11 Å². The Balaban J connectivity index is 2.73. The lowest BCUT2D eigenvalue weighted by atomic mass is 10.1. The lowest BCUT2D eigenvalue weighted by Crippen LogP contribution is -2.22. The molecule has 0 saturated heterocycles. The highest BCUT2D eigenvalue weighted by atomic mass is 79.9. The number of ether oxygens (including phenoxy) is 1. The zero-order chi connectivity index (χ0) is 12.0. The van der Waals surface area contributed by atoms with E-state index in [-0.39, 0.29) is 0 Å². The molecule has 3 nitrogen and oxygen atoms in total. The number of rotatable bonds is 6. The van der Waals surface area contributed by atoms with Crippen LogP contribution in [0.5, 0.6) is 0 Å². The van der Waals surface area contributed by atoms with Crippen molar-refractivity contribution < 1.29 is 4.74 Å². The van der Waals surface area contributed by atoms with Crippen molar-refractivity contribution in [2.45, 2.75) is 6.42 Å². The molecule has 0 heterocycles. The molecule has 4 heteroatoms. The number of benzene rings is 1. The topological polar surface area (TPSA) is 38.5 Å². The Labute approximate surface area is 106 Å². The molecule has 0 saturated carbocycles. The van der Waals surface area contributed by atoms with Gasteiger partial charge in [0.1, 0.15) is 0 Å². The summed E-state index contributed by atoms with van der Waals surface area (Å²) in [4.78, 5) is 2.17. The lowest BCUT2D eigenvalue weighted by molar-refractivity contribution is 0.206. The van der Waals surface area contributed by atoms with Crippen molar-refractivity contribution in [1.29, 1.82) is 0 Å². The number of anilines is 1. The highest BCUT2D eigenvalue weighted by Gasteiger charge is 2.06. The quantitative estimate of drug-likeness (QED) is 0.870. The van der Waals surface area contributed by atoms with Gasteiger partial charge < -0.3 is 15.4 Å². The highest BCUT2D eigenvalue weighted by Crippen LogP contribution is 2.26. The van der Waals surface area contributed by atoms with Crippen LogP contribution in [0.2, 0.25) is 0 Å². The van der Waals surface area contributed by atoms with Crippen LogP contribution < -0.4 is 10.6 Å². The van der Waals surface area contributed by atoms with E-state index in [9.17, 15) is 0 Å². The molecule has 0 radical (unpaired) electrons. The van der Waals surface area contributed by atoms with Gasteiger partial charge in [-0.3, -0.25) is 0 Å². The molecule has 0 fully saturated rings. The van der Waals surface area contributed by atoms with Crippen LogP contribution in [-0.4, -0.2) is 33.9 Å². The van der Waals surface area contributed by atoms with Crippen LogP contribution in [0.3, 0.4) is 0 Å².